The molecule has 6 nitrogen and oxygen atoms in total. The molecule has 1 saturated carbocycles. The van der Waals surface area contributed by atoms with Gasteiger partial charge in [-0.05, 0) is 19.8 Å². The van der Waals surface area contributed by atoms with Gasteiger partial charge in [0.05, 0.1) is 19.2 Å². The van der Waals surface area contributed by atoms with Gasteiger partial charge in [0.2, 0.25) is 11.8 Å². The fraction of sp³-hybridized carbons (Fsp3) is 0.800. The number of nitrogens with two attached hydrogens (primary N) is 1. The topological polar surface area (TPSA) is 93.5 Å². The lowest BCUT2D eigenvalue weighted by Crippen LogP contribution is -2.50. The second-order valence-electron chi connectivity index (χ2n) is 3.79. The van der Waals surface area contributed by atoms with Gasteiger partial charge in [-0.2, -0.15) is 0 Å². The number of hydrogen-bond donors (Lipinski definition) is 3. The maximum atomic E-state index is 11.3. The molecule has 0 spiro atoms. The molecule has 0 saturated heterocycles. The van der Waals surface area contributed by atoms with Crippen LogP contribution in [-0.2, 0) is 14.3 Å². The minimum atomic E-state index is -0.323. The Morgan fingerprint density at radius 1 is 1.38 bits per heavy atom. The summed E-state index contributed by atoms with van der Waals surface area (Å²) in [4.78, 5) is 22.1. The summed E-state index contributed by atoms with van der Waals surface area (Å²) in [6.07, 6.45) is 1.98. The van der Waals surface area contributed by atoms with Crippen LogP contribution >= 0.6 is 0 Å². The van der Waals surface area contributed by atoms with E-state index in [4.69, 9.17) is 10.5 Å². The predicted molar refractivity (Wildman–Crippen MR) is 58.6 cm³/mol. The van der Waals surface area contributed by atoms with Crippen molar-refractivity contribution < 1.29 is 14.3 Å². The molecule has 16 heavy (non-hydrogen) atoms. The van der Waals surface area contributed by atoms with Gasteiger partial charge in [-0.15, -0.1) is 0 Å². The minimum absolute atomic E-state index is 0.00810. The van der Waals surface area contributed by atoms with E-state index in [9.17, 15) is 9.59 Å². The van der Waals surface area contributed by atoms with Crippen LogP contribution in [0.5, 0.6) is 0 Å². The van der Waals surface area contributed by atoms with E-state index in [1.165, 1.54) is 0 Å². The average molecular weight is 229 g/mol. The maximum Gasteiger partial charge on any atom is 0.239 e. The molecule has 6 heteroatoms. The highest BCUT2D eigenvalue weighted by atomic mass is 16.5. The molecular formula is C10H19N3O3. The zero-order valence-corrected chi connectivity index (χ0v) is 9.49. The van der Waals surface area contributed by atoms with Gasteiger partial charge >= 0.3 is 0 Å². The Morgan fingerprint density at radius 2 is 2.06 bits per heavy atom. The van der Waals surface area contributed by atoms with E-state index in [0.717, 1.165) is 12.8 Å². The predicted octanol–water partition coefficient (Wildman–Crippen LogP) is -1.25. The highest BCUT2D eigenvalue weighted by Gasteiger charge is 2.30. The minimum Gasteiger partial charge on any atom is -0.378 e. The molecule has 1 rings (SSSR count). The van der Waals surface area contributed by atoms with Crippen LogP contribution in [0.4, 0.5) is 0 Å². The highest BCUT2D eigenvalue weighted by molar-refractivity contribution is 5.85. The van der Waals surface area contributed by atoms with E-state index >= 15 is 0 Å². The Labute approximate surface area is 94.9 Å². The number of carbonyl (C=O) groups excluding carboxylic acids is 2. The molecule has 92 valence electrons. The molecular weight excluding hydrogens is 210 g/mol. The molecule has 1 aliphatic rings. The van der Waals surface area contributed by atoms with E-state index in [2.05, 4.69) is 10.6 Å². The molecule has 2 amide bonds. The fourth-order valence-corrected chi connectivity index (χ4v) is 1.59. The molecule has 0 aromatic heterocycles. The smallest absolute Gasteiger partial charge is 0.239 e. The van der Waals surface area contributed by atoms with Crippen LogP contribution in [0.3, 0.4) is 0 Å². The first-order chi connectivity index (χ1) is 7.65. The van der Waals surface area contributed by atoms with Crippen molar-refractivity contribution in [1.82, 2.24) is 10.6 Å². The van der Waals surface area contributed by atoms with E-state index in [0.29, 0.717) is 6.61 Å². The summed E-state index contributed by atoms with van der Waals surface area (Å²) in [7, 11) is 0. The Bertz CT molecular complexity index is 252. The Morgan fingerprint density at radius 3 is 2.62 bits per heavy atom. The maximum absolute atomic E-state index is 11.3. The van der Waals surface area contributed by atoms with Crippen molar-refractivity contribution in [1.29, 1.82) is 0 Å². The van der Waals surface area contributed by atoms with Gasteiger partial charge in [-0.1, -0.05) is 0 Å². The van der Waals surface area contributed by atoms with Gasteiger partial charge in [-0.3, -0.25) is 9.59 Å². The summed E-state index contributed by atoms with van der Waals surface area (Å²) in [6.45, 7) is 2.56. The van der Waals surface area contributed by atoms with Crippen molar-refractivity contribution in [3.63, 3.8) is 0 Å². The van der Waals surface area contributed by atoms with Gasteiger partial charge in [0.1, 0.15) is 0 Å². The highest BCUT2D eigenvalue weighted by Crippen LogP contribution is 2.22. The standard InChI is InChI=1S/C10H19N3O3/c1-2-16-8-3-7(4-8)13-10(15)6-12-9(14)5-11/h7-8H,2-6,11H2,1H3,(H,12,14)(H,13,15). The van der Waals surface area contributed by atoms with Crippen molar-refractivity contribution in [3.05, 3.63) is 0 Å². The van der Waals surface area contributed by atoms with Crippen molar-refractivity contribution >= 4 is 11.8 Å². The molecule has 1 fully saturated rings. The summed E-state index contributed by atoms with van der Waals surface area (Å²) < 4.78 is 5.37. The van der Waals surface area contributed by atoms with Crippen molar-refractivity contribution in [2.75, 3.05) is 19.7 Å². The van der Waals surface area contributed by atoms with Crippen LogP contribution < -0.4 is 16.4 Å². The lowest BCUT2D eigenvalue weighted by molar-refractivity contribution is -0.126. The zero-order valence-electron chi connectivity index (χ0n) is 9.49. The van der Waals surface area contributed by atoms with Crippen LogP contribution in [0.25, 0.3) is 0 Å². The van der Waals surface area contributed by atoms with Crippen LogP contribution in [-0.4, -0.2) is 43.7 Å². The van der Waals surface area contributed by atoms with Gasteiger partial charge < -0.3 is 21.1 Å². The average Bonchev–Trinajstić information content (AvgIpc) is 2.23. The van der Waals surface area contributed by atoms with Crippen molar-refractivity contribution in [2.45, 2.75) is 31.9 Å². The van der Waals surface area contributed by atoms with Crippen LogP contribution in [0.2, 0.25) is 0 Å². The number of carbonyl (C=O) groups is 2. The van der Waals surface area contributed by atoms with Crippen molar-refractivity contribution in [3.8, 4) is 0 Å². The molecule has 0 heterocycles. The second kappa shape index (κ2) is 6.44. The summed E-state index contributed by atoms with van der Waals surface area (Å²) >= 11 is 0. The Kier molecular flexibility index (Phi) is 5.21. The third-order valence-electron chi connectivity index (χ3n) is 2.49. The van der Waals surface area contributed by atoms with E-state index in [1.807, 2.05) is 6.92 Å². The van der Waals surface area contributed by atoms with Crippen LogP contribution in [0.15, 0.2) is 0 Å². The molecule has 0 aromatic carbocycles. The van der Waals surface area contributed by atoms with E-state index < -0.39 is 0 Å². The van der Waals surface area contributed by atoms with Crippen LogP contribution in [0, 0.1) is 0 Å². The first kappa shape index (κ1) is 12.9. The van der Waals surface area contributed by atoms with Gasteiger partial charge in [-0.25, -0.2) is 0 Å². The molecule has 0 radical (unpaired) electrons. The van der Waals surface area contributed by atoms with Gasteiger partial charge in [0, 0.05) is 12.6 Å². The Hall–Kier alpha value is -1.14. The normalized spacial score (nSPS) is 23.4. The van der Waals surface area contributed by atoms with Gasteiger partial charge in [0.25, 0.3) is 0 Å². The van der Waals surface area contributed by atoms with E-state index in [-0.39, 0.29) is 37.0 Å². The number of nitrogens with one attached hydrogen (secondary N) is 2. The number of hydrogen-bond acceptors (Lipinski definition) is 4. The summed E-state index contributed by atoms with van der Waals surface area (Å²) in [5.41, 5.74) is 5.09. The first-order valence-corrected chi connectivity index (χ1v) is 5.53. The molecule has 0 unspecified atom stereocenters. The summed E-state index contributed by atoms with van der Waals surface area (Å²) in [5, 5.41) is 5.22. The summed E-state index contributed by atoms with van der Waals surface area (Å²) in [6, 6.07) is 0.179. The Balaban J connectivity index is 2.06. The molecule has 0 aliphatic heterocycles. The molecule has 4 N–H and O–H groups in total. The molecule has 0 atom stereocenters. The SMILES string of the molecule is CCOC1CC(NC(=O)CNC(=O)CN)C1. The lowest BCUT2D eigenvalue weighted by Gasteiger charge is -2.35. The molecule has 1 aliphatic carbocycles. The first-order valence-electron chi connectivity index (χ1n) is 5.53. The second-order valence-corrected chi connectivity index (χ2v) is 3.79. The zero-order chi connectivity index (χ0) is 12.0. The van der Waals surface area contributed by atoms with E-state index in [1.54, 1.807) is 0 Å². The third-order valence-corrected chi connectivity index (χ3v) is 2.49. The third kappa shape index (κ3) is 4.16. The summed E-state index contributed by atoms with van der Waals surface area (Å²) in [5.74, 6) is -0.502. The van der Waals surface area contributed by atoms with Crippen molar-refractivity contribution in [2.24, 2.45) is 5.73 Å². The number of amides is 2. The monoisotopic (exact) mass is 229 g/mol. The van der Waals surface area contributed by atoms with Crippen LogP contribution in [0.1, 0.15) is 19.8 Å². The fourth-order valence-electron chi connectivity index (χ4n) is 1.59. The molecule has 0 aromatic rings. The quantitative estimate of drug-likeness (QED) is 0.530. The largest absolute Gasteiger partial charge is 0.378 e. The number of rotatable bonds is 6. The van der Waals surface area contributed by atoms with Gasteiger partial charge in [0.15, 0.2) is 0 Å². The lowest BCUT2D eigenvalue weighted by atomic mass is 9.89. The number of ether oxygens (including phenoxy) is 1. The molecule has 0 bridgehead atoms.